The molecule has 440 valence electrons. The number of esters is 3. The van der Waals surface area contributed by atoms with E-state index in [9.17, 15) is 28.9 Å². The topological polar surface area (TPSA) is 155 Å². The molecule has 0 aromatic heterocycles. The Balaban J connectivity index is 4.75. The molecule has 0 saturated heterocycles. The number of carbonyl (C=O) groups excluding carboxylic acids is 3. The van der Waals surface area contributed by atoms with Crippen molar-refractivity contribution >= 4 is 25.7 Å². The van der Waals surface area contributed by atoms with Crippen LogP contribution in [0, 0.1) is 0 Å². The van der Waals surface area contributed by atoms with Gasteiger partial charge in [0, 0.05) is 19.3 Å². The Kier molecular flexibility index (Phi) is 55.7. The molecule has 0 aromatic rings. The number of phosphoric ester groups is 1. The van der Waals surface area contributed by atoms with E-state index in [1.165, 1.54) is 109 Å². The Labute approximate surface area is 465 Å². The zero-order chi connectivity index (χ0) is 55.5. The number of aliphatic hydroxyl groups is 1. The largest absolute Gasteiger partial charge is 0.472 e. The number of ether oxygens (including phenoxy) is 3. The fraction of sp³-hybridized carbons (Fsp3) is 0.766. The minimum atomic E-state index is -4.76. The van der Waals surface area contributed by atoms with Gasteiger partial charge in [-0.15, -0.1) is 0 Å². The molecular formula is C64H113O11P. The summed E-state index contributed by atoms with van der Waals surface area (Å²) in [5, 5.41) is 9.82. The lowest BCUT2D eigenvalue weighted by Gasteiger charge is -2.21. The number of allylic oxidation sites excluding steroid dienone is 12. The summed E-state index contributed by atoms with van der Waals surface area (Å²) < 4.78 is 39.6. The van der Waals surface area contributed by atoms with E-state index in [2.05, 4.69) is 93.7 Å². The maximum atomic E-state index is 12.9. The normalized spacial score (nSPS) is 13.8. The zero-order valence-electron chi connectivity index (χ0n) is 48.7. The van der Waals surface area contributed by atoms with Gasteiger partial charge in [0.25, 0.3) is 0 Å². The summed E-state index contributed by atoms with van der Waals surface area (Å²) >= 11 is 0. The van der Waals surface area contributed by atoms with Gasteiger partial charge in [-0.1, -0.05) is 222 Å². The first-order valence-electron chi connectivity index (χ1n) is 30.8. The van der Waals surface area contributed by atoms with Crippen LogP contribution < -0.4 is 0 Å². The molecular weight excluding hydrogens is 976 g/mol. The van der Waals surface area contributed by atoms with Crippen LogP contribution in [0.1, 0.15) is 278 Å². The molecule has 0 fully saturated rings. The first-order valence-corrected chi connectivity index (χ1v) is 32.3. The van der Waals surface area contributed by atoms with Crippen LogP contribution in [-0.2, 0) is 42.2 Å². The van der Waals surface area contributed by atoms with Gasteiger partial charge in [-0.2, -0.15) is 0 Å². The molecule has 12 heteroatoms. The minimum absolute atomic E-state index is 0.158. The van der Waals surface area contributed by atoms with Crippen LogP contribution in [0.4, 0.5) is 0 Å². The van der Waals surface area contributed by atoms with Crippen LogP contribution in [0.2, 0.25) is 0 Å². The average Bonchev–Trinajstić information content (AvgIpc) is 3.41. The van der Waals surface area contributed by atoms with E-state index in [0.717, 1.165) is 109 Å². The molecule has 76 heavy (non-hydrogen) atoms. The van der Waals surface area contributed by atoms with Crippen LogP contribution in [-0.4, -0.2) is 66.5 Å². The fourth-order valence-corrected chi connectivity index (χ4v) is 9.18. The van der Waals surface area contributed by atoms with Crippen molar-refractivity contribution in [2.24, 2.45) is 0 Å². The number of rotatable bonds is 57. The average molecular weight is 1090 g/mol. The molecule has 0 spiro atoms. The predicted molar refractivity (Wildman–Crippen MR) is 316 cm³/mol. The summed E-state index contributed by atoms with van der Waals surface area (Å²) in [6.07, 6.45) is 65.7. The number of hydrogen-bond acceptors (Lipinski definition) is 10. The van der Waals surface area contributed by atoms with Crippen molar-refractivity contribution in [2.45, 2.75) is 290 Å². The molecule has 0 radical (unpaired) electrons. The molecule has 0 heterocycles. The summed E-state index contributed by atoms with van der Waals surface area (Å²) in [6.45, 7) is 4.50. The van der Waals surface area contributed by atoms with Gasteiger partial charge in [0.2, 0.25) is 0 Å². The molecule has 3 unspecified atom stereocenters. The summed E-state index contributed by atoms with van der Waals surface area (Å²) in [7, 11) is -4.76. The van der Waals surface area contributed by atoms with E-state index in [1.807, 2.05) is 0 Å². The molecule has 0 aliphatic rings. The summed E-state index contributed by atoms with van der Waals surface area (Å²) in [5.41, 5.74) is 0. The summed E-state index contributed by atoms with van der Waals surface area (Å²) in [5.74, 6) is -1.50. The maximum absolute atomic E-state index is 12.9. The maximum Gasteiger partial charge on any atom is 0.472 e. The molecule has 3 atom stereocenters. The monoisotopic (exact) mass is 1090 g/mol. The third-order valence-electron chi connectivity index (χ3n) is 13.1. The van der Waals surface area contributed by atoms with E-state index in [0.29, 0.717) is 19.3 Å². The lowest BCUT2D eigenvalue weighted by Crippen LogP contribution is -2.30. The number of phosphoric acid groups is 1. The smallest absolute Gasteiger partial charge is 0.462 e. The third kappa shape index (κ3) is 55.7. The first kappa shape index (κ1) is 72.9. The van der Waals surface area contributed by atoms with Gasteiger partial charge in [0.15, 0.2) is 6.10 Å². The number of hydrogen-bond donors (Lipinski definition) is 2. The Hall–Kier alpha value is -3.08. The van der Waals surface area contributed by atoms with Gasteiger partial charge in [-0.3, -0.25) is 23.4 Å². The highest BCUT2D eigenvalue weighted by Crippen LogP contribution is 2.43. The number of aliphatic hydroxyl groups excluding tert-OH is 1. The number of unbranched alkanes of at least 4 members (excludes halogenated alkanes) is 28. The van der Waals surface area contributed by atoms with Crippen LogP contribution in [0.25, 0.3) is 0 Å². The van der Waals surface area contributed by atoms with E-state index in [-0.39, 0.29) is 25.9 Å². The van der Waals surface area contributed by atoms with Gasteiger partial charge in [-0.05, 0) is 109 Å². The van der Waals surface area contributed by atoms with E-state index in [4.69, 9.17) is 23.3 Å². The molecule has 0 rings (SSSR count). The van der Waals surface area contributed by atoms with E-state index >= 15 is 0 Å². The highest BCUT2D eigenvalue weighted by Gasteiger charge is 2.28. The van der Waals surface area contributed by atoms with Gasteiger partial charge < -0.3 is 24.2 Å². The highest BCUT2D eigenvalue weighted by molar-refractivity contribution is 7.47. The van der Waals surface area contributed by atoms with E-state index in [1.54, 1.807) is 0 Å². The van der Waals surface area contributed by atoms with Crippen molar-refractivity contribution in [3.05, 3.63) is 72.9 Å². The Morgan fingerprint density at radius 2 is 0.684 bits per heavy atom. The van der Waals surface area contributed by atoms with Crippen LogP contribution in [0.3, 0.4) is 0 Å². The van der Waals surface area contributed by atoms with Crippen molar-refractivity contribution in [2.75, 3.05) is 26.4 Å². The van der Waals surface area contributed by atoms with Gasteiger partial charge >= 0.3 is 25.7 Å². The summed E-state index contributed by atoms with van der Waals surface area (Å²) in [4.78, 5) is 48.6. The lowest BCUT2D eigenvalue weighted by atomic mass is 10.1. The molecule has 0 amide bonds. The second-order valence-electron chi connectivity index (χ2n) is 20.5. The Morgan fingerprint density at radius 1 is 0.382 bits per heavy atom. The second-order valence-corrected chi connectivity index (χ2v) is 21.9. The second kappa shape index (κ2) is 58.1. The molecule has 0 aliphatic carbocycles. The van der Waals surface area contributed by atoms with Crippen molar-refractivity contribution in [3.8, 4) is 0 Å². The van der Waals surface area contributed by atoms with Crippen molar-refractivity contribution in [1.82, 2.24) is 0 Å². The van der Waals surface area contributed by atoms with Crippen molar-refractivity contribution in [3.63, 3.8) is 0 Å². The van der Waals surface area contributed by atoms with Gasteiger partial charge in [-0.25, -0.2) is 4.57 Å². The van der Waals surface area contributed by atoms with Crippen molar-refractivity contribution in [1.29, 1.82) is 0 Å². The molecule has 11 nitrogen and oxygen atoms in total. The highest BCUT2D eigenvalue weighted by atomic mass is 31.2. The van der Waals surface area contributed by atoms with Crippen LogP contribution in [0.15, 0.2) is 72.9 Å². The van der Waals surface area contributed by atoms with Crippen molar-refractivity contribution < 1.29 is 52.2 Å². The van der Waals surface area contributed by atoms with Gasteiger partial charge in [0.1, 0.15) is 12.7 Å². The quantitative estimate of drug-likeness (QED) is 0.0197. The molecule has 0 aromatic carbocycles. The van der Waals surface area contributed by atoms with Crippen LogP contribution in [0.5, 0.6) is 0 Å². The van der Waals surface area contributed by atoms with Crippen LogP contribution >= 0.6 is 7.82 Å². The fourth-order valence-electron chi connectivity index (χ4n) is 8.40. The Morgan fingerprint density at radius 3 is 1.08 bits per heavy atom. The molecule has 0 bridgehead atoms. The zero-order valence-corrected chi connectivity index (χ0v) is 49.6. The lowest BCUT2D eigenvalue weighted by molar-refractivity contribution is -0.161. The molecule has 0 aliphatic heterocycles. The predicted octanol–water partition coefficient (Wildman–Crippen LogP) is 18.5. The molecule has 0 saturated carbocycles. The third-order valence-corrected chi connectivity index (χ3v) is 14.0. The molecule has 2 N–H and O–H groups in total. The Bertz CT molecular complexity index is 1550. The standard InChI is InChI=1S/C64H113O11P/c1-4-7-10-13-16-19-22-25-27-29-30-32-34-37-40-43-46-49-52-55-64(68)75-61(57-71-62(66)53-50-47-44-41-38-36-33-31-28-26-23-20-17-14-11-8-5-2)59-73-76(69,70)72-58-60(56-65)74-63(67)54-51-48-45-42-39-35-24-21-18-15-12-9-6-3/h8,11,17,20-21,24-28,33,36,60-61,65H,4-7,9-10,12-16,18-19,22-23,29-32,34-35,37-59H2,1-3H3,(H,69,70)/b11-8-,20-17-,24-21-,27-25-,28-26-,36-33-. The van der Waals surface area contributed by atoms with Gasteiger partial charge in [0.05, 0.1) is 19.8 Å². The SMILES string of the molecule is CC/C=C\C/C=C\C/C=C\C/C=C\CCCCCCC(=O)OCC(COP(=O)(O)OCC(CO)OC(=O)CCCCCCC/C=C\CCCCCC)OC(=O)CCCCCCCCCCC/C=C\CCCCCCCC. The minimum Gasteiger partial charge on any atom is -0.462 e. The number of carbonyl (C=O) groups is 3. The van der Waals surface area contributed by atoms with E-state index < -0.39 is 57.8 Å². The first-order chi connectivity index (χ1) is 37.2. The summed E-state index contributed by atoms with van der Waals surface area (Å²) in [6, 6.07) is 0.